The van der Waals surface area contributed by atoms with Crippen LogP contribution in [0.2, 0.25) is 0 Å². The summed E-state index contributed by atoms with van der Waals surface area (Å²) in [7, 11) is 0. The predicted molar refractivity (Wildman–Crippen MR) is 75.9 cm³/mol. The molecule has 0 saturated heterocycles. The number of rotatable bonds is 2. The Balaban J connectivity index is 2.46. The van der Waals surface area contributed by atoms with Crippen molar-refractivity contribution in [3.8, 4) is 0 Å². The second kappa shape index (κ2) is 5.66. The topological polar surface area (TPSA) is 0 Å². The average Bonchev–Trinajstić information content (AvgIpc) is 2.66. The number of hydrogen-bond acceptors (Lipinski definition) is 1. The van der Waals surface area contributed by atoms with Gasteiger partial charge in [0.25, 0.3) is 0 Å². The maximum absolute atomic E-state index is 13.2. The predicted octanol–water partition coefficient (Wildman–Crippen LogP) is 6.31. The monoisotopic (exact) mass is 386 g/mol. The van der Waals surface area contributed by atoms with Gasteiger partial charge in [-0.15, -0.1) is 22.9 Å². The summed E-state index contributed by atoms with van der Waals surface area (Å²) in [6, 6.07) is 4.66. The molecule has 7 heteroatoms. The van der Waals surface area contributed by atoms with Gasteiger partial charge in [-0.25, -0.2) is 4.39 Å². The lowest BCUT2D eigenvalue weighted by atomic mass is 10.1. The second-order valence-electron chi connectivity index (χ2n) is 4.17. The van der Waals surface area contributed by atoms with Crippen molar-refractivity contribution in [2.75, 3.05) is 0 Å². The standard InChI is InChI=1S/C13H8BrClF4S/c1-6-4-9(14)12(20-6)11(15)7-2-3-10(16)8(5-7)13(17,18)19/h2-5,11H,1H3. The van der Waals surface area contributed by atoms with E-state index < -0.39 is 22.9 Å². The molecule has 2 aromatic rings. The van der Waals surface area contributed by atoms with Crippen LogP contribution in [0.25, 0.3) is 0 Å². The summed E-state index contributed by atoms with van der Waals surface area (Å²) >= 11 is 10.9. The third kappa shape index (κ3) is 3.18. The number of aryl methyl sites for hydroxylation is 1. The first-order valence-corrected chi connectivity index (χ1v) is 7.51. The van der Waals surface area contributed by atoms with Gasteiger partial charge < -0.3 is 0 Å². The number of hydrogen-bond donors (Lipinski definition) is 0. The van der Waals surface area contributed by atoms with E-state index in [1.54, 1.807) is 0 Å². The minimum Gasteiger partial charge on any atom is -0.206 e. The largest absolute Gasteiger partial charge is 0.419 e. The lowest BCUT2D eigenvalue weighted by Crippen LogP contribution is -2.09. The first kappa shape index (κ1) is 15.8. The van der Waals surface area contributed by atoms with Crippen LogP contribution in [0.15, 0.2) is 28.7 Å². The van der Waals surface area contributed by atoms with Gasteiger partial charge in [0.15, 0.2) is 0 Å². The van der Waals surface area contributed by atoms with Crippen LogP contribution in [0.4, 0.5) is 17.6 Å². The van der Waals surface area contributed by atoms with E-state index >= 15 is 0 Å². The van der Waals surface area contributed by atoms with E-state index in [1.807, 2.05) is 13.0 Å². The van der Waals surface area contributed by atoms with Crippen LogP contribution in [0.1, 0.15) is 26.3 Å². The Morgan fingerprint density at radius 1 is 1.25 bits per heavy atom. The smallest absolute Gasteiger partial charge is 0.206 e. The van der Waals surface area contributed by atoms with Gasteiger partial charge in [0, 0.05) is 14.2 Å². The highest BCUT2D eigenvalue weighted by atomic mass is 79.9. The molecule has 1 aromatic carbocycles. The van der Waals surface area contributed by atoms with Crippen molar-refractivity contribution >= 4 is 38.9 Å². The van der Waals surface area contributed by atoms with Crippen molar-refractivity contribution < 1.29 is 17.6 Å². The van der Waals surface area contributed by atoms with Crippen molar-refractivity contribution in [3.05, 3.63) is 55.4 Å². The molecule has 0 amide bonds. The summed E-state index contributed by atoms with van der Waals surface area (Å²) in [5, 5.41) is -0.759. The van der Waals surface area contributed by atoms with Crippen molar-refractivity contribution in [1.29, 1.82) is 0 Å². The molecule has 0 spiro atoms. The van der Waals surface area contributed by atoms with Gasteiger partial charge in [-0.1, -0.05) is 6.07 Å². The fraction of sp³-hybridized carbons (Fsp3) is 0.231. The average molecular weight is 388 g/mol. The van der Waals surface area contributed by atoms with Crippen LogP contribution in [-0.4, -0.2) is 0 Å². The molecule has 0 aliphatic heterocycles. The first-order chi connectivity index (χ1) is 9.20. The Bertz CT molecular complexity index is 636. The van der Waals surface area contributed by atoms with Gasteiger partial charge in [-0.05, 0) is 46.6 Å². The van der Waals surface area contributed by atoms with Gasteiger partial charge in [-0.3, -0.25) is 0 Å². The molecule has 2 rings (SSSR count). The Morgan fingerprint density at radius 2 is 1.90 bits per heavy atom. The van der Waals surface area contributed by atoms with Crippen molar-refractivity contribution in [2.24, 2.45) is 0 Å². The van der Waals surface area contributed by atoms with E-state index in [2.05, 4.69) is 15.9 Å². The maximum Gasteiger partial charge on any atom is 0.419 e. The van der Waals surface area contributed by atoms with E-state index in [1.165, 1.54) is 17.4 Å². The molecule has 1 atom stereocenters. The van der Waals surface area contributed by atoms with E-state index in [4.69, 9.17) is 11.6 Å². The highest BCUT2D eigenvalue weighted by Gasteiger charge is 2.35. The fourth-order valence-electron chi connectivity index (χ4n) is 1.74. The van der Waals surface area contributed by atoms with Gasteiger partial charge in [0.2, 0.25) is 0 Å². The van der Waals surface area contributed by atoms with Gasteiger partial charge in [0.05, 0.1) is 10.9 Å². The van der Waals surface area contributed by atoms with E-state index in [9.17, 15) is 17.6 Å². The molecule has 0 fully saturated rings. The van der Waals surface area contributed by atoms with Crippen LogP contribution in [0.3, 0.4) is 0 Å². The van der Waals surface area contributed by atoms with Crippen LogP contribution >= 0.6 is 38.9 Å². The number of alkyl halides is 4. The van der Waals surface area contributed by atoms with Crippen LogP contribution in [0.5, 0.6) is 0 Å². The van der Waals surface area contributed by atoms with Gasteiger partial charge in [-0.2, -0.15) is 13.2 Å². The fourth-order valence-corrected chi connectivity index (χ4v) is 4.15. The van der Waals surface area contributed by atoms with Gasteiger partial charge >= 0.3 is 6.18 Å². The molecule has 20 heavy (non-hydrogen) atoms. The summed E-state index contributed by atoms with van der Waals surface area (Å²) in [6.07, 6.45) is -4.74. The molecule has 0 nitrogen and oxygen atoms in total. The van der Waals surface area contributed by atoms with Crippen LogP contribution in [0, 0.1) is 12.7 Å². The highest BCUT2D eigenvalue weighted by molar-refractivity contribution is 9.10. The Morgan fingerprint density at radius 3 is 2.40 bits per heavy atom. The van der Waals surface area contributed by atoms with E-state index in [0.717, 1.165) is 21.5 Å². The molecule has 1 unspecified atom stereocenters. The first-order valence-electron chi connectivity index (χ1n) is 5.46. The molecule has 0 aliphatic rings. The Hall–Kier alpha value is -0.590. The second-order valence-corrected chi connectivity index (χ2v) is 6.75. The molecule has 0 saturated carbocycles. The third-order valence-electron chi connectivity index (χ3n) is 2.65. The third-order valence-corrected chi connectivity index (χ3v) is 5.29. The SMILES string of the molecule is Cc1cc(Br)c(C(Cl)c2ccc(F)c(C(F)(F)F)c2)s1. The molecule has 1 heterocycles. The van der Waals surface area contributed by atoms with Crippen LogP contribution < -0.4 is 0 Å². The lowest BCUT2D eigenvalue weighted by molar-refractivity contribution is -0.140. The van der Waals surface area contributed by atoms with Crippen LogP contribution in [-0.2, 0) is 6.18 Å². The minimum atomic E-state index is -4.74. The molecule has 0 bridgehead atoms. The number of thiophene rings is 1. The van der Waals surface area contributed by atoms with Gasteiger partial charge in [0.1, 0.15) is 5.82 Å². The molecule has 108 valence electrons. The Kier molecular flexibility index (Phi) is 4.47. The summed E-state index contributed by atoms with van der Waals surface area (Å²) in [5.74, 6) is -1.30. The highest BCUT2D eigenvalue weighted by Crippen LogP contribution is 2.41. The molecular formula is C13H8BrClF4S. The summed E-state index contributed by atoms with van der Waals surface area (Å²) in [6.45, 7) is 1.87. The zero-order valence-electron chi connectivity index (χ0n) is 10.1. The molecular weight excluding hydrogens is 380 g/mol. The van der Waals surface area contributed by atoms with Crippen molar-refractivity contribution in [3.63, 3.8) is 0 Å². The van der Waals surface area contributed by atoms with Crippen molar-refractivity contribution in [1.82, 2.24) is 0 Å². The number of halogens is 6. The minimum absolute atomic E-state index is 0.211. The lowest BCUT2D eigenvalue weighted by Gasteiger charge is -2.13. The molecule has 0 radical (unpaired) electrons. The normalized spacial score (nSPS) is 13.6. The summed E-state index contributed by atoms with van der Waals surface area (Å²) in [4.78, 5) is 1.68. The summed E-state index contributed by atoms with van der Waals surface area (Å²) < 4.78 is 52.0. The maximum atomic E-state index is 13.2. The molecule has 1 aromatic heterocycles. The van der Waals surface area contributed by atoms with Crippen molar-refractivity contribution in [2.45, 2.75) is 18.5 Å². The molecule has 0 N–H and O–H groups in total. The Labute approximate surface area is 130 Å². The number of benzene rings is 1. The quantitative estimate of drug-likeness (QED) is 0.419. The summed E-state index contributed by atoms with van der Waals surface area (Å²) in [5.41, 5.74) is -1.09. The van der Waals surface area contributed by atoms with E-state index in [0.29, 0.717) is 4.88 Å². The van der Waals surface area contributed by atoms with E-state index in [-0.39, 0.29) is 5.56 Å². The zero-order valence-corrected chi connectivity index (χ0v) is 13.2. The zero-order chi connectivity index (χ0) is 15.1. The molecule has 0 aliphatic carbocycles.